The van der Waals surface area contributed by atoms with Crippen molar-refractivity contribution in [1.82, 2.24) is 0 Å². The molecule has 130 heavy (non-hydrogen) atoms. The summed E-state index contributed by atoms with van der Waals surface area (Å²) in [7, 11) is 0. The van der Waals surface area contributed by atoms with Gasteiger partial charge >= 0.3 is 29.8 Å². The maximum atomic E-state index is 13.0. The lowest BCUT2D eigenvalue weighted by Crippen LogP contribution is -2.16. The first kappa shape index (κ1) is 97.2. The van der Waals surface area contributed by atoms with Gasteiger partial charge in [0, 0.05) is 30.3 Å². The molecule has 0 saturated heterocycles. The Kier molecular flexibility index (Phi) is 39.0. The minimum atomic E-state index is -1.11. The first-order valence-electron chi connectivity index (χ1n) is 42.6. The van der Waals surface area contributed by atoms with Crippen LogP contribution < -0.4 is 47.4 Å². The monoisotopic (exact) mass is 1770 g/mol. The average Bonchev–Trinajstić information content (AvgIpc) is 0.821. The Morgan fingerprint density at radius 3 is 0.915 bits per heavy atom. The van der Waals surface area contributed by atoms with Crippen molar-refractivity contribution in [3.05, 3.63) is 405 Å². The van der Waals surface area contributed by atoms with Crippen LogP contribution in [0.2, 0.25) is 0 Å². The molecule has 0 unspecified atom stereocenters. The third-order valence-corrected chi connectivity index (χ3v) is 20.2. The predicted octanol–water partition coefficient (Wildman–Crippen LogP) is 24.5. The Hall–Kier alpha value is -15.0. The number of hydrogen-bond acceptors (Lipinski definition) is 15. The van der Waals surface area contributed by atoms with Gasteiger partial charge in [0.25, 0.3) is 0 Å². The summed E-state index contributed by atoms with van der Waals surface area (Å²) in [5.41, 5.74) is 8.68. The molecule has 0 heterocycles. The van der Waals surface area contributed by atoms with E-state index in [1.807, 2.05) is 140 Å². The Bertz CT molecular complexity index is 5670. The van der Waals surface area contributed by atoms with Gasteiger partial charge in [-0.25, -0.2) is 37.1 Å². The topological polar surface area (TPSA) is 279 Å². The minimum absolute atomic E-state index is 0.0382. The van der Waals surface area contributed by atoms with Crippen LogP contribution in [0, 0.1) is 36.2 Å². The standard InChI is InChI=1S/C23H22O4.C22H18F2O4.C21H17FO4.C21H24O4.C20H24O4/c24-23(25)21-14-13-20(27-17-19-10-5-2-6-11-19)16-22(21)26-15-7-12-18-8-3-1-4-9-18;1-14-10-19(27-12-15-2-6-17(23)7-3-15)11-20(21(14)22(25)26)28-13-16-4-8-18(24)9-5-16;22-17-8-6-16(7-9-17)13-25-18-10-11-19(21(23)24)20(12-18)26-14-15-4-2-1-3-5-15;22-21(23)19-12-11-18(24-14-16-7-3-1-4-8-16)13-20(19)25-15-17-9-5-2-6-10-17;1-15(2)7-6-12-23-19-13-17(10-11-18(19)20(21)22)24-14-16-8-4-3-5-9-16/h1-6,8-11,13-14,16H,7,12,15,17H2,(H,24,25);2-11H,12-13H2,1H3,(H,25,26);1-12H,13-14H2,(H,23,24);1,3-4,7-8,11-13,17H,2,5-6,9-10,14-15H2,(H,22,23);3-5,8-11,13,15H,6-7,12,14H2,1-2H3,(H,21,22). The highest BCUT2D eigenvalue weighted by atomic mass is 19.1. The summed E-state index contributed by atoms with van der Waals surface area (Å²) in [6, 6.07) is 89.0. The van der Waals surface area contributed by atoms with Crippen LogP contribution in [0.1, 0.15) is 167 Å². The van der Waals surface area contributed by atoms with E-state index in [9.17, 15) is 62.7 Å². The van der Waals surface area contributed by atoms with Crippen LogP contribution in [0.5, 0.6) is 57.5 Å². The number of hydrogen-bond donors (Lipinski definition) is 5. The van der Waals surface area contributed by atoms with Crippen LogP contribution in [0.4, 0.5) is 13.2 Å². The second-order valence-electron chi connectivity index (χ2n) is 30.8. The number of carboxylic acids is 5. The summed E-state index contributed by atoms with van der Waals surface area (Å²) in [5.74, 6) is -0.863. The summed E-state index contributed by atoms with van der Waals surface area (Å²) >= 11 is 0. The SMILES string of the molecule is CC(C)CCCOc1cc(OCc2ccccc2)ccc1C(=O)O.Cc1cc(OCc2ccc(F)cc2)cc(OCc2ccc(F)cc2)c1C(=O)O.O=C(O)c1ccc(OCc2ccc(F)cc2)cc1OCc1ccccc1.O=C(O)c1ccc(OCc2ccccc2)cc1OCC1CCCCC1.O=C(O)c1ccc(OCc2ccccc2)cc1OCCCc1ccccc1. The van der Waals surface area contributed by atoms with Crippen LogP contribution in [0.25, 0.3) is 0 Å². The van der Waals surface area contributed by atoms with Crippen LogP contribution in [-0.4, -0.2) is 75.2 Å². The van der Waals surface area contributed by atoms with E-state index in [1.54, 1.807) is 104 Å². The molecule has 1 saturated carbocycles. The summed E-state index contributed by atoms with van der Waals surface area (Å²) in [5, 5.41) is 46.9. The Balaban J connectivity index is 0.000000169. The van der Waals surface area contributed by atoms with Gasteiger partial charge in [-0.2, -0.15) is 0 Å². The van der Waals surface area contributed by atoms with Crippen molar-refractivity contribution < 1.29 is 110 Å². The average molecular weight is 1770 g/mol. The fourth-order valence-corrected chi connectivity index (χ4v) is 13.3. The molecule has 1 fully saturated rings. The minimum Gasteiger partial charge on any atom is -0.493 e. The van der Waals surface area contributed by atoms with E-state index in [1.165, 1.54) is 85.5 Å². The van der Waals surface area contributed by atoms with Crippen molar-refractivity contribution in [3.8, 4) is 57.5 Å². The lowest BCUT2D eigenvalue weighted by atomic mass is 9.90. The molecule has 0 bridgehead atoms. The largest absolute Gasteiger partial charge is 0.493 e. The molecule has 0 aromatic heterocycles. The lowest BCUT2D eigenvalue weighted by molar-refractivity contribution is 0.0679. The molecule has 13 aromatic rings. The fourth-order valence-electron chi connectivity index (χ4n) is 13.3. The molecular formula is C107H105F3O20. The summed E-state index contributed by atoms with van der Waals surface area (Å²) < 4.78 is 96.3. The highest BCUT2D eigenvalue weighted by Crippen LogP contribution is 2.35. The van der Waals surface area contributed by atoms with Gasteiger partial charge in [-0.1, -0.05) is 221 Å². The highest BCUT2D eigenvalue weighted by molar-refractivity contribution is 5.94. The molecule has 5 N–H and O–H groups in total. The zero-order valence-electron chi connectivity index (χ0n) is 72.5. The maximum absolute atomic E-state index is 13.0. The van der Waals surface area contributed by atoms with Crippen LogP contribution in [-0.2, 0) is 52.7 Å². The third-order valence-electron chi connectivity index (χ3n) is 20.2. The molecule has 20 nitrogen and oxygen atoms in total. The highest BCUT2D eigenvalue weighted by Gasteiger charge is 2.22. The number of carboxylic acid groups (broad SMARTS) is 5. The molecular weight excluding hydrogens is 1660 g/mol. The maximum Gasteiger partial charge on any atom is 0.339 e. The van der Waals surface area contributed by atoms with Gasteiger partial charge in [0.05, 0.1) is 19.8 Å². The molecule has 0 radical (unpaired) electrons. The number of carbonyl (C=O) groups is 5. The number of aromatic carboxylic acids is 5. The van der Waals surface area contributed by atoms with Crippen LogP contribution in [0.15, 0.2) is 309 Å². The van der Waals surface area contributed by atoms with E-state index in [4.69, 9.17) is 47.4 Å². The molecule has 1 aliphatic carbocycles. The third kappa shape index (κ3) is 33.7. The van der Waals surface area contributed by atoms with Crippen molar-refractivity contribution in [2.75, 3.05) is 19.8 Å². The number of benzene rings is 13. The zero-order chi connectivity index (χ0) is 92.2. The zero-order valence-corrected chi connectivity index (χ0v) is 72.5. The van der Waals surface area contributed by atoms with E-state index < -0.39 is 29.8 Å². The second kappa shape index (κ2) is 52.2. The van der Waals surface area contributed by atoms with Gasteiger partial charge in [0.1, 0.15) is 149 Å². The van der Waals surface area contributed by atoms with Gasteiger partial charge in [0.15, 0.2) is 0 Å². The van der Waals surface area contributed by atoms with Gasteiger partial charge in [-0.05, 0) is 198 Å². The van der Waals surface area contributed by atoms with Crippen molar-refractivity contribution in [1.29, 1.82) is 0 Å². The summed E-state index contributed by atoms with van der Waals surface area (Å²) in [4.78, 5) is 57.2. The van der Waals surface area contributed by atoms with Crippen molar-refractivity contribution in [3.63, 3.8) is 0 Å². The summed E-state index contributed by atoms with van der Waals surface area (Å²) in [6.07, 6.45) is 9.71. The predicted molar refractivity (Wildman–Crippen MR) is 489 cm³/mol. The van der Waals surface area contributed by atoms with Gasteiger partial charge < -0.3 is 72.9 Å². The smallest absolute Gasteiger partial charge is 0.339 e. The Morgan fingerprint density at radius 2 is 0.585 bits per heavy atom. The first-order valence-corrected chi connectivity index (χ1v) is 42.6. The van der Waals surface area contributed by atoms with E-state index in [0.717, 1.165) is 71.9 Å². The van der Waals surface area contributed by atoms with Crippen LogP contribution >= 0.6 is 0 Å². The van der Waals surface area contributed by atoms with E-state index in [0.29, 0.717) is 109 Å². The molecule has 14 rings (SSSR count). The second-order valence-corrected chi connectivity index (χ2v) is 30.8. The first-order chi connectivity index (χ1) is 63.0. The summed E-state index contributed by atoms with van der Waals surface area (Å²) in [6.45, 7) is 9.54. The number of rotatable bonds is 39. The number of halogens is 3. The van der Waals surface area contributed by atoms with E-state index in [-0.39, 0.29) is 83.2 Å². The van der Waals surface area contributed by atoms with Gasteiger partial charge in [0.2, 0.25) is 0 Å². The molecule has 0 aliphatic heterocycles. The molecule has 0 spiro atoms. The van der Waals surface area contributed by atoms with Gasteiger partial charge in [-0.3, -0.25) is 0 Å². The van der Waals surface area contributed by atoms with Crippen LogP contribution in [0.3, 0.4) is 0 Å². The molecule has 0 amide bonds. The van der Waals surface area contributed by atoms with E-state index >= 15 is 0 Å². The number of ether oxygens (including phenoxy) is 10. The quantitative estimate of drug-likeness (QED) is 0.0224. The fraction of sp³-hybridized carbons (Fsp3) is 0.224. The number of aryl methyl sites for hydroxylation is 2. The van der Waals surface area contributed by atoms with Crippen molar-refractivity contribution >= 4 is 29.8 Å². The molecule has 13 aromatic carbocycles. The molecule has 0 atom stereocenters. The Morgan fingerprint density at radius 1 is 0.300 bits per heavy atom. The van der Waals surface area contributed by atoms with Gasteiger partial charge in [-0.15, -0.1) is 0 Å². The van der Waals surface area contributed by atoms with E-state index in [2.05, 4.69) is 26.0 Å². The lowest BCUT2D eigenvalue weighted by Gasteiger charge is -2.22. The normalized spacial score (nSPS) is 11.3. The van der Waals surface area contributed by atoms with Crippen molar-refractivity contribution in [2.45, 2.75) is 125 Å². The molecule has 674 valence electrons. The Labute approximate surface area is 754 Å². The van der Waals surface area contributed by atoms with Crippen molar-refractivity contribution in [2.24, 2.45) is 11.8 Å². The molecule has 23 heteroatoms. The molecule has 1 aliphatic rings.